The van der Waals surface area contributed by atoms with Crippen LogP contribution in [-0.4, -0.2) is 28.6 Å². The number of hydrogen-bond acceptors (Lipinski definition) is 4. The molecule has 1 heterocycles. The second kappa shape index (κ2) is 6.37. The van der Waals surface area contributed by atoms with Crippen LogP contribution in [-0.2, 0) is 13.1 Å². The number of aromatic nitrogens is 3. The fourth-order valence-electron chi connectivity index (χ4n) is 2.45. The molecule has 0 spiro atoms. The van der Waals surface area contributed by atoms with Crippen molar-refractivity contribution in [1.82, 2.24) is 20.3 Å². The Balaban J connectivity index is 1.72. The molecule has 0 radical (unpaired) electrons. The molecule has 1 N–H and O–H groups in total. The molecule has 3 aromatic rings. The van der Waals surface area contributed by atoms with E-state index >= 15 is 0 Å². The van der Waals surface area contributed by atoms with Crippen molar-refractivity contribution in [1.29, 1.82) is 0 Å². The fourth-order valence-corrected chi connectivity index (χ4v) is 2.45. The highest BCUT2D eigenvalue weighted by Crippen LogP contribution is 2.27. The number of hydrogen-bond donors (Lipinski definition) is 1. The van der Waals surface area contributed by atoms with E-state index in [0.29, 0.717) is 0 Å². The monoisotopic (exact) mass is 282 g/mol. The molecule has 0 fully saturated rings. The molecule has 2 aromatic carbocycles. The van der Waals surface area contributed by atoms with Gasteiger partial charge in [-0.1, -0.05) is 35.5 Å². The first kappa shape index (κ1) is 13.6. The van der Waals surface area contributed by atoms with Gasteiger partial charge in [-0.2, -0.15) is 0 Å². The summed E-state index contributed by atoms with van der Waals surface area (Å²) in [5.74, 6) is 0.918. The van der Waals surface area contributed by atoms with Gasteiger partial charge in [0, 0.05) is 24.8 Å². The molecule has 0 unspecified atom stereocenters. The van der Waals surface area contributed by atoms with Gasteiger partial charge in [0.25, 0.3) is 0 Å². The first-order chi connectivity index (χ1) is 10.4. The molecule has 1 aromatic heterocycles. The van der Waals surface area contributed by atoms with Gasteiger partial charge in [0.05, 0.1) is 19.9 Å². The van der Waals surface area contributed by atoms with Crippen molar-refractivity contribution in [3.63, 3.8) is 0 Å². The van der Waals surface area contributed by atoms with Crippen LogP contribution in [0.4, 0.5) is 0 Å². The summed E-state index contributed by atoms with van der Waals surface area (Å²) >= 11 is 0. The molecule has 0 atom stereocenters. The first-order valence-electron chi connectivity index (χ1n) is 6.98. The zero-order valence-electron chi connectivity index (χ0n) is 12.0. The summed E-state index contributed by atoms with van der Waals surface area (Å²) in [6.07, 6.45) is 3.55. The third kappa shape index (κ3) is 3.03. The van der Waals surface area contributed by atoms with Crippen LogP contribution < -0.4 is 10.1 Å². The molecule has 5 heteroatoms. The average molecular weight is 282 g/mol. The number of methoxy groups -OCH3 is 1. The molecular weight excluding hydrogens is 264 g/mol. The Kier molecular flexibility index (Phi) is 4.12. The van der Waals surface area contributed by atoms with Crippen LogP contribution in [0.2, 0.25) is 0 Å². The molecule has 5 nitrogen and oxygen atoms in total. The highest BCUT2D eigenvalue weighted by Gasteiger charge is 2.07. The van der Waals surface area contributed by atoms with E-state index in [4.69, 9.17) is 4.74 Å². The minimum absolute atomic E-state index is 0.763. The number of nitrogens with zero attached hydrogens (tertiary/aromatic N) is 3. The summed E-state index contributed by atoms with van der Waals surface area (Å²) in [7, 11) is 1.71. The highest BCUT2D eigenvalue weighted by atomic mass is 16.5. The summed E-state index contributed by atoms with van der Waals surface area (Å²) in [4.78, 5) is 0. The van der Waals surface area contributed by atoms with Crippen LogP contribution in [0.25, 0.3) is 10.8 Å². The van der Waals surface area contributed by atoms with Gasteiger partial charge in [-0.3, -0.25) is 4.68 Å². The van der Waals surface area contributed by atoms with E-state index in [2.05, 4.69) is 46.0 Å². The van der Waals surface area contributed by atoms with Crippen LogP contribution in [0.1, 0.15) is 5.56 Å². The molecule has 21 heavy (non-hydrogen) atoms. The van der Waals surface area contributed by atoms with Crippen LogP contribution >= 0.6 is 0 Å². The second-order valence-corrected chi connectivity index (χ2v) is 4.81. The molecule has 3 rings (SSSR count). The summed E-state index contributed by atoms with van der Waals surface area (Å²) < 4.78 is 7.30. The van der Waals surface area contributed by atoms with Gasteiger partial charge in [0.2, 0.25) is 0 Å². The molecule has 0 aliphatic heterocycles. The predicted molar refractivity (Wildman–Crippen MR) is 82.2 cm³/mol. The van der Waals surface area contributed by atoms with Gasteiger partial charge in [-0.25, -0.2) is 0 Å². The maximum absolute atomic E-state index is 5.49. The Morgan fingerprint density at radius 1 is 1.19 bits per heavy atom. The zero-order chi connectivity index (χ0) is 14.5. The Morgan fingerprint density at radius 2 is 2.10 bits per heavy atom. The molecule has 0 saturated heterocycles. The lowest BCUT2D eigenvalue weighted by Crippen LogP contribution is -2.20. The van der Waals surface area contributed by atoms with Crippen molar-refractivity contribution in [3.05, 3.63) is 54.4 Å². The van der Waals surface area contributed by atoms with E-state index in [9.17, 15) is 0 Å². The molecule has 0 saturated carbocycles. The number of benzene rings is 2. The SMILES string of the molecule is COc1ccc2ccccc2c1CNCCn1ccnn1. The van der Waals surface area contributed by atoms with E-state index < -0.39 is 0 Å². The number of rotatable bonds is 6. The van der Waals surface area contributed by atoms with Crippen molar-refractivity contribution in [2.45, 2.75) is 13.1 Å². The van der Waals surface area contributed by atoms with Crippen LogP contribution in [0.15, 0.2) is 48.8 Å². The third-order valence-electron chi connectivity index (χ3n) is 3.51. The fraction of sp³-hybridized carbons (Fsp3) is 0.250. The lowest BCUT2D eigenvalue weighted by Gasteiger charge is -2.13. The zero-order valence-corrected chi connectivity index (χ0v) is 12.0. The molecule has 0 aliphatic carbocycles. The average Bonchev–Trinajstić information content (AvgIpc) is 3.04. The number of nitrogens with one attached hydrogen (secondary N) is 1. The maximum Gasteiger partial charge on any atom is 0.123 e. The minimum Gasteiger partial charge on any atom is -0.496 e. The number of fused-ring (bicyclic) bond motifs is 1. The lowest BCUT2D eigenvalue weighted by atomic mass is 10.0. The lowest BCUT2D eigenvalue weighted by molar-refractivity contribution is 0.408. The van der Waals surface area contributed by atoms with Crippen molar-refractivity contribution in [2.24, 2.45) is 0 Å². The highest BCUT2D eigenvalue weighted by molar-refractivity contribution is 5.87. The van der Waals surface area contributed by atoms with Crippen molar-refractivity contribution >= 4 is 10.8 Å². The molecule has 0 bridgehead atoms. The Bertz CT molecular complexity index is 709. The van der Waals surface area contributed by atoms with Gasteiger partial charge in [-0.15, -0.1) is 5.10 Å². The van der Waals surface area contributed by atoms with Gasteiger partial charge < -0.3 is 10.1 Å². The van der Waals surface area contributed by atoms with Gasteiger partial charge >= 0.3 is 0 Å². The summed E-state index contributed by atoms with van der Waals surface area (Å²) in [5, 5.41) is 13.6. The largest absolute Gasteiger partial charge is 0.496 e. The standard InChI is InChI=1S/C16H18N4O/c1-21-16-7-6-13-4-2-3-5-14(13)15(16)12-17-8-10-20-11-9-18-19-20/h2-7,9,11,17H,8,10,12H2,1H3. The Hall–Kier alpha value is -2.40. The van der Waals surface area contributed by atoms with Crippen LogP contribution in [0, 0.1) is 0 Å². The Morgan fingerprint density at radius 3 is 2.90 bits per heavy atom. The summed E-state index contributed by atoms with van der Waals surface area (Å²) in [6.45, 7) is 2.39. The molecule has 0 aliphatic rings. The van der Waals surface area contributed by atoms with Gasteiger partial charge in [0.1, 0.15) is 5.75 Å². The number of ether oxygens (including phenoxy) is 1. The maximum atomic E-state index is 5.49. The normalized spacial score (nSPS) is 10.9. The minimum atomic E-state index is 0.763. The molecule has 108 valence electrons. The topological polar surface area (TPSA) is 52.0 Å². The van der Waals surface area contributed by atoms with E-state index in [0.717, 1.165) is 25.4 Å². The van der Waals surface area contributed by atoms with Crippen LogP contribution in [0.5, 0.6) is 5.75 Å². The van der Waals surface area contributed by atoms with Crippen molar-refractivity contribution in [2.75, 3.05) is 13.7 Å². The van der Waals surface area contributed by atoms with Gasteiger partial charge in [-0.05, 0) is 16.8 Å². The quantitative estimate of drug-likeness (QED) is 0.704. The summed E-state index contributed by atoms with van der Waals surface area (Å²) in [6, 6.07) is 12.5. The second-order valence-electron chi connectivity index (χ2n) is 4.81. The van der Waals surface area contributed by atoms with E-state index in [-0.39, 0.29) is 0 Å². The summed E-state index contributed by atoms with van der Waals surface area (Å²) in [5.41, 5.74) is 1.19. The third-order valence-corrected chi connectivity index (χ3v) is 3.51. The Labute approximate surface area is 123 Å². The first-order valence-corrected chi connectivity index (χ1v) is 6.98. The van der Waals surface area contributed by atoms with E-state index in [1.54, 1.807) is 13.3 Å². The van der Waals surface area contributed by atoms with Gasteiger partial charge in [0.15, 0.2) is 0 Å². The predicted octanol–water partition coefficient (Wildman–Crippen LogP) is 2.23. The van der Waals surface area contributed by atoms with E-state index in [1.165, 1.54) is 16.3 Å². The van der Waals surface area contributed by atoms with Crippen molar-refractivity contribution < 1.29 is 4.74 Å². The van der Waals surface area contributed by atoms with Crippen LogP contribution in [0.3, 0.4) is 0 Å². The molecular formula is C16H18N4O. The smallest absolute Gasteiger partial charge is 0.123 e. The van der Waals surface area contributed by atoms with E-state index in [1.807, 2.05) is 16.9 Å². The van der Waals surface area contributed by atoms with Crippen molar-refractivity contribution in [3.8, 4) is 5.75 Å². The molecule has 0 amide bonds.